The molecule has 1 aromatic carbocycles. The van der Waals surface area contributed by atoms with Crippen LogP contribution in [0.5, 0.6) is 0 Å². The molecule has 9 heavy (non-hydrogen) atoms. The van der Waals surface area contributed by atoms with Crippen molar-refractivity contribution in [2.45, 2.75) is 0 Å². The van der Waals surface area contributed by atoms with Gasteiger partial charge in [0.15, 0.2) is 0 Å². The lowest BCUT2D eigenvalue weighted by atomic mass is 10.3. The van der Waals surface area contributed by atoms with Crippen LogP contribution in [0.15, 0.2) is 34.9 Å². The van der Waals surface area contributed by atoms with Crippen molar-refractivity contribution in [3.8, 4) is 0 Å². The molecular formula is C8H5O. The highest BCUT2D eigenvalue weighted by Crippen LogP contribution is 2.12. The Bertz CT molecular complexity index is 279. The van der Waals surface area contributed by atoms with Gasteiger partial charge in [0.05, 0.1) is 6.26 Å². The zero-order valence-corrected chi connectivity index (χ0v) is 4.79. The van der Waals surface area contributed by atoms with Crippen molar-refractivity contribution in [1.82, 2.24) is 0 Å². The normalized spacial score (nSPS) is 10.2. The first-order valence-corrected chi connectivity index (χ1v) is 2.81. The van der Waals surface area contributed by atoms with Crippen LogP contribution in [-0.2, 0) is 0 Å². The summed E-state index contributed by atoms with van der Waals surface area (Å²) in [4.78, 5) is 0. The van der Waals surface area contributed by atoms with Crippen LogP contribution in [0.3, 0.4) is 0 Å². The van der Waals surface area contributed by atoms with Crippen LogP contribution >= 0.6 is 0 Å². The summed E-state index contributed by atoms with van der Waals surface area (Å²) < 4.78 is 5.09. The molecule has 1 radical (unpaired) electrons. The Morgan fingerprint density at radius 2 is 2.33 bits per heavy atom. The van der Waals surface area contributed by atoms with E-state index in [-0.39, 0.29) is 0 Å². The van der Waals surface area contributed by atoms with Crippen molar-refractivity contribution in [2.75, 3.05) is 0 Å². The molecule has 1 nitrogen and oxygen atoms in total. The molecule has 0 saturated heterocycles. The summed E-state index contributed by atoms with van der Waals surface area (Å²) in [5.41, 5.74) is 0.900. The largest absolute Gasteiger partial charge is 0.464 e. The van der Waals surface area contributed by atoms with Gasteiger partial charge in [-0.1, -0.05) is 12.1 Å². The van der Waals surface area contributed by atoms with Crippen LogP contribution in [-0.4, -0.2) is 0 Å². The topological polar surface area (TPSA) is 13.1 Å². The van der Waals surface area contributed by atoms with Crippen LogP contribution in [0.2, 0.25) is 0 Å². The molecule has 0 aliphatic heterocycles. The summed E-state index contributed by atoms with van der Waals surface area (Å²) in [7, 11) is 0. The van der Waals surface area contributed by atoms with Crippen molar-refractivity contribution in [1.29, 1.82) is 0 Å². The SMILES string of the molecule is [c]1cccc2occc12. The second-order valence-corrected chi connectivity index (χ2v) is 1.87. The highest BCUT2D eigenvalue weighted by Gasteiger charge is 1.90. The first-order chi connectivity index (χ1) is 4.47. The average molecular weight is 117 g/mol. The number of fused-ring (bicyclic) bond motifs is 1. The quantitative estimate of drug-likeness (QED) is 0.515. The van der Waals surface area contributed by atoms with E-state index in [4.69, 9.17) is 4.42 Å². The van der Waals surface area contributed by atoms with Gasteiger partial charge in [-0.3, -0.25) is 0 Å². The van der Waals surface area contributed by atoms with Crippen molar-refractivity contribution >= 4 is 11.0 Å². The fraction of sp³-hybridized carbons (Fsp3) is 0. The molecule has 0 amide bonds. The second-order valence-electron chi connectivity index (χ2n) is 1.87. The van der Waals surface area contributed by atoms with Gasteiger partial charge in [0.25, 0.3) is 0 Å². The Morgan fingerprint density at radius 3 is 3.22 bits per heavy atom. The highest BCUT2D eigenvalue weighted by molar-refractivity contribution is 5.75. The summed E-state index contributed by atoms with van der Waals surface area (Å²) >= 11 is 0. The van der Waals surface area contributed by atoms with Gasteiger partial charge >= 0.3 is 0 Å². The molecule has 0 saturated carbocycles. The Hall–Kier alpha value is -1.24. The van der Waals surface area contributed by atoms with Crippen molar-refractivity contribution in [2.24, 2.45) is 0 Å². The molecule has 2 aromatic rings. The van der Waals surface area contributed by atoms with Crippen LogP contribution in [0, 0.1) is 6.07 Å². The summed E-state index contributed by atoms with van der Waals surface area (Å²) in [6.45, 7) is 0. The van der Waals surface area contributed by atoms with E-state index < -0.39 is 0 Å². The smallest absolute Gasteiger partial charge is 0.134 e. The number of benzene rings is 1. The molecule has 0 bridgehead atoms. The highest BCUT2D eigenvalue weighted by atomic mass is 16.3. The van der Waals surface area contributed by atoms with Gasteiger partial charge in [-0.2, -0.15) is 0 Å². The van der Waals surface area contributed by atoms with E-state index in [1.165, 1.54) is 0 Å². The van der Waals surface area contributed by atoms with Gasteiger partial charge in [-0.25, -0.2) is 0 Å². The Morgan fingerprint density at radius 1 is 1.33 bits per heavy atom. The average Bonchev–Trinajstić information content (AvgIpc) is 2.33. The van der Waals surface area contributed by atoms with Crippen molar-refractivity contribution < 1.29 is 4.42 Å². The fourth-order valence-electron chi connectivity index (χ4n) is 0.843. The third-order valence-electron chi connectivity index (χ3n) is 1.28. The summed E-state index contributed by atoms with van der Waals surface area (Å²) in [5, 5.41) is 1.04. The zero-order chi connectivity index (χ0) is 6.10. The number of furan rings is 1. The second kappa shape index (κ2) is 1.62. The lowest BCUT2D eigenvalue weighted by Crippen LogP contribution is -1.58. The molecular weight excluding hydrogens is 112 g/mol. The third kappa shape index (κ3) is 0.617. The van der Waals surface area contributed by atoms with Crippen LogP contribution in [0.25, 0.3) is 11.0 Å². The molecule has 0 aliphatic rings. The molecule has 43 valence electrons. The summed E-state index contributed by atoms with van der Waals surface area (Å²) in [6, 6.07) is 10.6. The summed E-state index contributed by atoms with van der Waals surface area (Å²) in [5.74, 6) is 0. The van der Waals surface area contributed by atoms with Crippen molar-refractivity contribution in [3.63, 3.8) is 0 Å². The van der Waals surface area contributed by atoms with Gasteiger partial charge in [0.1, 0.15) is 5.58 Å². The van der Waals surface area contributed by atoms with E-state index in [2.05, 4.69) is 6.07 Å². The molecule has 2 rings (SSSR count). The first kappa shape index (κ1) is 4.62. The molecule has 0 aliphatic carbocycles. The van der Waals surface area contributed by atoms with E-state index in [1.807, 2.05) is 24.3 Å². The van der Waals surface area contributed by atoms with Gasteiger partial charge < -0.3 is 4.42 Å². The minimum absolute atomic E-state index is 0.900. The Balaban J connectivity index is 2.95. The number of hydrogen-bond acceptors (Lipinski definition) is 1. The molecule has 0 spiro atoms. The number of hydrogen-bond donors (Lipinski definition) is 0. The summed E-state index contributed by atoms with van der Waals surface area (Å²) in [6.07, 6.45) is 1.67. The van der Waals surface area contributed by atoms with Crippen molar-refractivity contribution in [3.05, 3.63) is 36.6 Å². The monoisotopic (exact) mass is 117 g/mol. The maximum Gasteiger partial charge on any atom is 0.134 e. The van der Waals surface area contributed by atoms with E-state index >= 15 is 0 Å². The molecule has 1 aromatic heterocycles. The first-order valence-electron chi connectivity index (χ1n) is 2.81. The van der Waals surface area contributed by atoms with Gasteiger partial charge in [0.2, 0.25) is 0 Å². The minimum Gasteiger partial charge on any atom is -0.464 e. The predicted octanol–water partition coefficient (Wildman–Crippen LogP) is 2.23. The molecule has 0 atom stereocenters. The van der Waals surface area contributed by atoms with Crippen LogP contribution in [0.4, 0.5) is 0 Å². The third-order valence-corrected chi connectivity index (χ3v) is 1.28. The van der Waals surface area contributed by atoms with E-state index in [9.17, 15) is 0 Å². The molecule has 1 heteroatoms. The Kier molecular flexibility index (Phi) is 0.833. The van der Waals surface area contributed by atoms with Gasteiger partial charge in [0, 0.05) is 5.39 Å². The zero-order valence-electron chi connectivity index (χ0n) is 4.79. The van der Waals surface area contributed by atoms with Crippen LogP contribution < -0.4 is 0 Å². The molecule has 0 fully saturated rings. The van der Waals surface area contributed by atoms with Crippen LogP contribution in [0.1, 0.15) is 0 Å². The van der Waals surface area contributed by atoms with Gasteiger partial charge in [-0.15, -0.1) is 0 Å². The molecule has 0 N–H and O–H groups in total. The number of rotatable bonds is 0. The fourth-order valence-corrected chi connectivity index (χ4v) is 0.843. The maximum atomic E-state index is 5.09. The predicted molar refractivity (Wildman–Crippen MR) is 35.1 cm³/mol. The maximum absolute atomic E-state index is 5.09. The van der Waals surface area contributed by atoms with Gasteiger partial charge in [-0.05, 0) is 18.2 Å². The Labute approximate surface area is 52.9 Å². The molecule has 1 heterocycles. The molecule has 0 unspecified atom stereocenters. The van der Waals surface area contributed by atoms with E-state index in [0.717, 1.165) is 11.0 Å². The lowest BCUT2D eigenvalue weighted by molar-refractivity contribution is 0.616. The lowest BCUT2D eigenvalue weighted by Gasteiger charge is -1.80. The standard InChI is InChI=1S/C8H5O/c1-2-4-8-7(3-1)5-6-9-8/h1-2,4-6H. The minimum atomic E-state index is 0.900. The van der Waals surface area contributed by atoms with E-state index in [1.54, 1.807) is 6.26 Å². The van der Waals surface area contributed by atoms with E-state index in [0.29, 0.717) is 0 Å².